The van der Waals surface area contributed by atoms with Crippen molar-refractivity contribution >= 4 is 18.0 Å². The number of unbranched alkanes of at least 4 members (excludes halogenated alkanes) is 1. The molecule has 8 nitrogen and oxygen atoms in total. The second-order valence-corrected chi connectivity index (χ2v) is 8.59. The fraction of sp³-hybridized carbons (Fsp3) is 0.542. The molecule has 0 unspecified atom stereocenters. The van der Waals surface area contributed by atoms with Crippen LogP contribution in [0.25, 0.3) is 0 Å². The van der Waals surface area contributed by atoms with Crippen molar-refractivity contribution in [3.63, 3.8) is 0 Å². The van der Waals surface area contributed by atoms with E-state index < -0.39 is 35.7 Å². The summed E-state index contributed by atoms with van der Waals surface area (Å²) in [5.74, 6) is 1.28. The highest BCUT2D eigenvalue weighted by Crippen LogP contribution is 2.09. The number of carbonyl (C=O) groups excluding carboxylic acids is 3. The minimum atomic E-state index is -0.902. The molecule has 0 aliphatic carbocycles. The first-order valence-corrected chi connectivity index (χ1v) is 10.7. The molecule has 8 heteroatoms. The van der Waals surface area contributed by atoms with Crippen molar-refractivity contribution in [2.45, 2.75) is 77.7 Å². The molecule has 176 valence electrons. The highest BCUT2D eigenvalue weighted by atomic mass is 16.6. The van der Waals surface area contributed by atoms with Gasteiger partial charge in [-0.15, -0.1) is 12.3 Å². The zero-order valence-electron chi connectivity index (χ0n) is 19.4. The molecule has 1 aromatic carbocycles. The van der Waals surface area contributed by atoms with Crippen molar-refractivity contribution in [3.05, 3.63) is 35.4 Å². The number of nitrogens with one attached hydrogen (secondary N) is 2. The minimum absolute atomic E-state index is 0.0662. The summed E-state index contributed by atoms with van der Waals surface area (Å²) >= 11 is 0. The van der Waals surface area contributed by atoms with Crippen LogP contribution < -0.4 is 16.4 Å². The van der Waals surface area contributed by atoms with Gasteiger partial charge in [-0.25, -0.2) is 9.59 Å². The summed E-state index contributed by atoms with van der Waals surface area (Å²) in [6.45, 7) is 7.80. The van der Waals surface area contributed by atoms with E-state index in [1.807, 2.05) is 31.2 Å². The van der Waals surface area contributed by atoms with E-state index in [4.69, 9.17) is 21.6 Å². The van der Waals surface area contributed by atoms with Crippen molar-refractivity contribution in [3.8, 4) is 12.3 Å². The van der Waals surface area contributed by atoms with Crippen LogP contribution in [0.2, 0.25) is 0 Å². The van der Waals surface area contributed by atoms with Crippen LogP contribution in [0.5, 0.6) is 0 Å². The first-order valence-electron chi connectivity index (χ1n) is 10.7. The SMILES string of the molecule is C#CC[C@@H](N)C(=O)N[C@@H](CCCCNC(=O)OC(C)(C)C)C(=O)OCc1ccc(C)cc1. The number of hydrogen-bond donors (Lipinski definition) is 3. The molecule has 0 spiro atoms. The van der Waals surface area contributed by atoms with Crippen LogP contribution >= 0.6 is 0 Å². The van der Waals surface area contributed by atoms with Gasteiger partial charge >= 0.3 is 12.1 Å². The largest absolute Gasteiger partial charge is 0.459 e. The molecule has 1 aromatic rings. The molecule has 2 amide bonds. The molecule has 0 fully saturated rings. The average Bonchev–Trinajstić information content (AvgIpc) is 2.70. The van der Waals surface area contributed by atoms with Gasteiger partial charge in [-0.05, 0) is 52.5 Å². The van der Waals surface area contributed by atoms with Gasteiger partial charge in [0.2, 0.25) is 5.91 Å². The number of nitrogens with two attached hydrogens (primary N) is 1. The fourth-order valence-electron chi connectivity index (χ4n) is 2.66. The van der Waals surface area contributed by atoms with E-state index in [2.05, 4.69) is 16.6 Å². The van der Waals surface area contributed by atoms with E-state index in [9.17, 15) is 14.4 Å². The number of ether oxygens (including phenoxy) is 2. The third-order valence-electron chi connectivity index (χ3n) is 4.37. The van der Waals surface area contributed by atoms with Gasteiger partial charge in [0.25, 0.3) is 0 Å². The Morgan fingerprint density at radius 2 is 1.81 bits per heavy atom. The number of carbonyl (C=O) groups is 3. The molecule has 2 atom stereocenters. The van der Waals surface area contributed by atoms with Gasteiger partial charge in [-0.2, -0.15) is 0 Å². The lowest BCUT2D eigenvalue weighted by atomic mass is 10.1. The van der Waals surface area contributed by atoms with Gasteiger partial charge in [0, 0.05) is 13.0 Å². The summed E-state index contributed by atoms with van der Waals surface area (Å²) in [6, 6.07) is 5.85. The van der Waals surface area contributed by atoms with Crippen LogP contribution in [0.1, 0.15) is 57.6 Å². The maximum Gasteiger partial charge on any atom is 0.407 e. The lowest BCUT2D eigenvalue weighted by Crippen LogP contribution is -2.48. The Balaban J connectivity index is 2.58. The van der Waals surface area contributed by atoms with E-state index in [0.29, 0.717) is 25.8 Å². The lowest BCUT2D eigenvalue weighted by molar-refractivity contribution is -0.149. The smallest absolute Gasteiger partial charge is 0.407 e. The second-order valence-electron chi connectivity index (χ2n) is 8.59. The molecule has 0 saturated carbocycles. The topological polar surface area (TPSA) is 120 Å². The second kappa shape index (κ2) is 13.4. The van der Waals surface area contributed by atoms with Crippen LogP contribution in [0.3, 0.4) is 0 Å². The molecule has 0 radical (unpaired) electrons. The fourth-order valence-corrected chi connectivity index (χ4v) is 2.66. The number of terminal acetylenes is 1. The van der Waals surface area contributed by atoms with Crippen LogP contribution in [-0.2, 0) is 25.7 Å². The summed E-state index contributed by atoms with van der Waals surface area (Å²) < 4.78 is 10.6. The predicted octanol–water partition coefficient (Wildman–Crippen LogP) is 2.57. The predicted molar refractivity (Wildman–Crippen MR) is 122 cm³/mol. The molecule has 0 aliphatic heterocycles. The number of amides is 2. The number of alkyl carbamates (subject to hydrolysis) is 1. The van der Waals surface area contributed by atoms with Gasteiger partial charge in [-0.1, -0.05) is 29.8 Å². The standard InChI is InChI=1S/C24H35N3O5/c1-6-9-19(25)21(28)27-20(10-7-8-15-26-23(30)32-24(3,4)5)22(29)31-16-18-13-11-17(2)12-14-18/h1,11-14,19-20H,7-10,15-16,25H2,2-5H3,(H,26,30)(H,27,28)/t19-,20+/m1/s1. The Morgan fingerprint density at radius 3 is 2.41 bits per heavy atom. The molecule has 0 aromatic heterocycles. The molecule has 32 heavy (non-hydrogen) atoms. The molecular weight excluding hydrogens is 410 g/mol. The molecule has 1 rings (SSSR count). The number of esters is 1. The van der Waals surface area contributed by atoms with E-state index in [1.165, 1.54) is 0 Å². The molecule has 0 bridgehead atoms. The van der Waals surface area contributed by atoms with Gasteiger partial charge in [0.1, 0.15) is 18.2 Å². The van der Waals surface area contributed by atoms with Gasteiger partial charge in [0.15, 0.2) is 0 Å². The molecule has 0 heterocycles. The lowest BCUT2D eigenvalue weighted by Gasteiger charge is -2.20. The quantitative estimate of drug-likeness (QED) is 0.274. The van der Waals surface area contributed by atoms with E-state index >= 15 is 0 Å². The Labute approximate surface area is 190 Å². The number of aryl methyl sites for hydroxylation is 1. The number of benzene rings is 1. The van der Waals surface area contributed by atoms with E-state index in [0.717, 1.165) is 11.1 Å². The summed E-state index contributed by atoms with van der Waals surface area (Å²) in [7, 11) is 0. The summed E-state index contributed by atoms with van der Waals surface area (Å²) in [6.07, 6.45) is 6.26. The van der Waals surface area contributed by atoms with E-state index in [1.54, 1.807) is 20.8 Å². The molecule has 0 aliphatic rings. The van der Waals surface area contributed by atoms with Crippen molar-refractivity contribution < 1.29 is 23.9 Å². The van der Waals surface area contributed by atoms with Gasteiger partial charge in [0.05, 0.1) is 6.04 Å². The van der Waals surface area contributed by atoms with Crippen molar-refractivity contribution in [2.75, 3.05) is 6.54 Å². The number of hydrogen-bond acceptors (Lipinski definition) is 6. The highest BCUT2D eigenvalue weighted by molar-refractivity contribution is 5.87. The third kappa shape index (κ3) is 11.4. The monoisotopic (exact) mass is 445 g/mol. The van der Waals surface area contributed by atoms with E-state index in [-0.39, 0.29) is 13.0 Å². The first-order chi connectivity index (χ1) is 15.0. The van der Waals surface area contributed by atoms with Crippen molar-refractivity contribution in [2.24, 2.45) is 5.73 Å². The Hall–Kier alpha value is -3.05. The molecule has 0 saturated heterocycles. The normalized spacial score (nSPS) is 12.8. The van der Waals surface area contributed by atoms with Crippen LogP contribution in [0.4, 0.5) is 4.79 Å². The molecule has 4 N–H and O–H groups in total. The third-order valence-corrected chi connectivity index (χ3v) is 4.37. The van der Waals surface area contributed by atoms with Crippen LogP contribution in [0.15, 0.2) is 24.3 Å². The van der Waals surface area contributed by atoms with Gasteiger partial charge in [-0.3, -0.25) is 4.79 Å². The van der Waals surface area contributed by atoms with Crippen molar-refractivity contribution in [1.29, 1.82) is 0 Å². The zero-order chi connectivity index (χ0) is 24.1. The van der Waals surface area contributed by atoms with Crippen LogP contribution in [-0.4, -0.2) is 42.2 Å². The minimum Gasteiger partial charge on any atom is -0.459 e. The Morgan fingerprint density at radius 1 is 1.16 bits per heavy atom. The van der Waals surface area contributed by atoms with Crippen LogP contribution in [0, 0.1) is 19.3 Å². The van der Waals surface area contributed by atoms with Gasteiger partial charge < -0.3 is 25.8 Å². The summed E-state index contributed by atoms with van der Waals surface area (Å²) in [5, 5.41) is 5.29. The maximum atomic E-state index is 12.6. The highest BCUT2D eigenvalue weighted by Gasteiger charge is 2.24. The first kappa shape index (κ1) is 27.0. The Kier molecular flexibility index (Phi) is 11.3. The summed E-state index contributed by atoms with van der Waals surface area (Å²) in [4.78, 5) is 36.6. The zero-order valence-corrected chi connectivity index (χ0v) is 19.4. The Bertz CT molecular complexity index is 793. The van der Waals surface area contributed by atoms with Crippen molar-refractivity contribution in [1.82, 2.24) is 10.6 Å². The summed E-state index contributed by atoms with van der Waals surface area (Å²) in [5.41, 5.74) is 7.13. The maximum absolute atomic E-state index is 12.6. The number of rotatable bonds is 11. The average molecular weight is 446 g/mol. The molecular formula is C24H35N3O5.